The monoisotopic (exact) mass is 245 g/mol. The first kappa shape index (κ1) is 13.7. The van der Waals surface area contributed by atoms with Crippen molar-refractivity contribution in [3.63, 3.8) is 0 Å². The number of allylic oxidation sites excluding steroid dienone is 1. The number of hydrogen-bond acceptors (Lipinski definition) is 3. The second kappa shape index (κ2) is 6.40. The summed E-state index contributed by atoms with van der Waals surface area (Å²) in [4.78, 5) is 0. The minimum absolute atomic E-state index is 0.173. The fourth-order valence-electron chi connectivity index (χ4n) is 2.24. The van der Waals surface area contributed by atoms with E-state index in [9.17, 15) is 8.42 Å². The normalized spacial score (nSPS) is 25.4. The Kier molecular flexibility index (Phi) is 5.49. The standard InChI is InChI=1S/C12H23NO2S/c1-3-5-7-11(6-4-2)13-12-8-9-16(14,15)10-12/h3,11-13H,1,4-10H2,2H3. The van der Waals surface area contributed by atoms with Crippen LogP contribution in [0.15, 0.2) is 12.7 Å². The van der Waals surface area contributed by atoms with Crippen LogP contribution in [0.2, 0.25) is 0 Å². The molecule has 1 rings (SSSR count). The summed E-state index contributed by atoms with van der Waals surface area (Å²) in [5.41, 5.74) is 0. The molecule has 1 N–H and O–H groups in total. The molecular weight excluding hydrogens is 222 g/mol. The Morgan fingerprint density at radius 3 is 2.75 bits per heavy atom. The molecule has 16 heavy (non-hydrogen) atoms. The van der Waals surface area contributed by atoms with Crippen LogP contribution >= 0.6 is 0 Å². The average molecular weight is 245 g/mol. The topological polar surface area (TPSA) is 46.2 Å². The van der Waals surface area contributed by atoms with E-state index in [1.165, 1.54) is 0 Å². The van der Waals surface area contributed by atoms with Gasteiger partial charge in [-0.25, -0.2) is 8.42 Å². The second-order valence-electron chi connectivity index (χ2n) is 4.62. The summed E-state index contributed by atoms with van der Waals surface area (Å²) in [7, 11) is -2.76. The van der Waals surface area contributed by atoms with Crippen molar-refractivity contribution in [2.45, 2.75) is 51.1 Å². The summed E-state index contributed by atoms with van der Waals surface area (Å²) in [6, 6.07) is 0.618. The van der Waals surface area contributed by atoms with Gasteiger partial charge in [-0.3, -0.25) is 0 Å². The SMILES string of the molecule is C=CCCC(CCC)NC1CCS(=O)(=O)C1. The molecule has 94 valence electrons. The van der Waals surface area contributed by atoms with Gasteiger partial charge in [-0.15, -0.1) is 6.58 Å². The minimum Gasteiger partial charge on any atom is -0.310 e. The average Bonchev–Trinajstić information content (AvgIpc) is 2.55. The van der Waals surface area contributed by atoms with E-state index in [4.69, 9.17) is 0 Å². The van der Waals surface area contributed by atoms with Crippen LogP contribution < -0.4 is 5.32 Å². The molecule has 0 aromatic heterocycles. The third kappa shape index (κ3) is 4.66. The van der Waals surface area contributed by atoms with Crippen molar-refractivity contribution >= 4 is 9.84 Å². The van der Waals surface area contributed by atoms with Crippen LogP contribution in [-0.4, -0.2) is 32.0 Å². The molecule has 0 radical (unpaired) electrons. The summed E-state index contributed by atoms with van der Waals surface area (Å²) in [6.45, 7) is 5.88. The van der Waals surface area contributed by atoms with Gasteiger partial charge in [0, 0.05) is 12.1 Å². The van der Waals surface area contributed by atoms with Gasteiger partial charge < -0.3 is 5.32 Å². The Bertz CT molecular complexity index is 311. The van der Waals surface area contributed by atoms with E-state index in [0.29, 0.717) is 17.5 Å². The van der Waals surface area contributed by atoms with Crippen LogP contribution in [0.3, 0.4) is 0 Å². The third-order valence-electron chi connectivity index (χ3n) is 3.06. The van der Waals surface area contributed by atoms with E-state index in [0.717, 1.165) is 32.1 Å². The Balaban J connectivity index is 2.39. The summed E-state index contributed by atoms with van der Waals surface area (Å²) in [5.74, 6) is 0.673. The molecular formula is C12H23NO2S. The molecule has 1 fully saturated rings. The first-order chi connectivity index (χ1) is 7.57. The summed E-state index contributed by atoms with van der Waals surface area (Å²) in [5, 5.41) is 3.48. The quantitative estimate of drug-likeness (QED) is 0.697. The second-order valence-corrected chi connectivity index (χ2v) is 6.85. The van der Waals surface area contributed by atoms with Crippen LogP contribution in [-0.2, 0) is 9.84 Å². The third-order valence-corrected chi connectivity index (χ3v) is 4.83. The highest BCUT2D eigenvalue weighted by atomic mass is 32.2. The number of nitrogens with one attached hydrogen (secondary N) is 1. The molecule has 3 nitrogen and oxygen atoms in total. The highest BCUT2D eigenvalue weighted by Crippen LogP contribution is 2.14. The van der Waals surface area contributed by atoms with Gasteiger partial charge in [0.1, 0.15) is 0 Å². The highest BCUT2D eigenvalue weighted by Gasteiger charge is 2.28. The lowest BCUT2D eigenvalue weighted by Crippen LogP contribution is -2.39. The maximum atomic E-state index is 11.3. The molecule has 2 atom stereocenters. The molecule has 0 aromatic carbocycles. The summed E-state index contributed by atoms with van der Waals surface area (Å²) < 4.78 is 22.7. The summed E-state index contributed by atoms with van der Waals surface area (Å²) >= 11 is 0. The van der Waals surface area contributed by atoms with Crippen molar-refractivity contribution in [1.82, 2.24) is 5.32 Å². The lowest BCUT2D eigenvalue weighted by molar-refractivity contribution is 0.404. The number of hydrogen-bond donors (Lipinski definition) is 1. The largest absolute Gasteiger partial charge is 0.310 e. The number of rotatable bonds is 7. The van der Waals surface area contributed by atoms with Crippen LogP contribution in [0, 0.1) is 0 Å². The lowest BCUT2D eigenvalue weighted by atomic mass is 10.0. The Hall–Kier alpha value is -0.350. The number of sulfone groups is 1. The summed E-state index contributed by atoms with van der Waals surface area (Å²) in [6.07, 6.45) is 7.01. The molecule has 1 aliphatic heterocycles. The van der Waals surface area contributed by atoms with Gasteiger partial charge in [-0.1, -0.05) is 19.4 Å². The van der Waals surface area contributed by atoms with E-state index in [1.54, 1.807) is 0 Å². The van der Waals surface area contributed by atoms with Crippen LogP contribution in [0.5, 0.6) is 0 Å². The molecule has 0 aromatic rings. The fraction of sp³-hybridized carbons (Fsp3) is 0.833. The van der Waals surface area contributed by atoms with Gasteiger partial charge >= 0.3 is 0 Å². The van der Waals surface area contributed by atoms with E-state index in [1.807, 2.05) is 6.08 Å². The molecule has 1 aliphatic rings. The van der Waals surface area contributed by atoms with E-state index >= 15 is 0 Å². The molecule has 2 unspecified atom stereocenters. The van der Waals surface area contributed by atoms with Crippen molar-refractivity contribution < 1.29 is 8.42 Å². The predicted molar refractivity (Wildman–Crippen MR) is 68.3 cm³/mol. The molecule has 0 spiro atoms. The Labute approximate surface area is 99.2 Å². The Morgan fingerprint density at radius 1 is 1.50 bits per heavy atom. The van der Waals surface area contributed by atoms with Gasteiger partial charge in [0.25, 0.3) is 0 Å². The lowest BCUT2D eigenvalue weighted by Gasteiger charge is -2.21. The zero-order chi connectivity index (χ0) is 12.0. The van der Waals surface area contributed by atoms with Gasteiger partial charge in [-0.05, 0) is 25.7 Å². The van der Waals surface area contributed by atoms with Crippen molar-refractivity contribution in [2.75, 3.05) is 11.5 Å². The van der Waals surface area contributed by atoms with Gasteiger partial charge in [0.2, 0.25) is 0 Å². The molecule has 1 heterocycles. The smallest absolute Gasteiger partial charge is 0.151 e. The zero-order valence-corrected chi connectivity index (χ0v) is 10.9. The molecule has 1 saturated heterocycles. The first-order valence-corrected chi connectivity index (χ1v) is 7.97. The van der Waals surface area contributed by atoms with Gasteiger partial charge in [0.15, 0.2) is 9.84 Å². The van der Waals surface area contributed by atoms with Crippen LogP contribution in [0.25, 0.3) is 0 Å². The molecule has 0 saturated carbocycles. The zero-order valence-electron chi connectivity index (χ0n) is 10.1. The molecule has 4 heteroatoms. The maximum Gasteiger partial charge on any atom is 0.151 e. The van der Waals surface area contributed by atoms with Crippen LogP contribution in [0.4, 0.5) is 0 Å². The van der Waals surface area contributed by atoms with E-state index in [2.05, 4.69) is 18.8 Å². The first-order valence-electron chi connectivity index (χ1n) is 6.14. The maximum absolute atomic E-state index is 11.3. The van der Waals surface area contributed by atoms with Crippen molar-refractivity contribution in [2.24, 2.45) is 0 Å². The van der Waals surface area contributed by atoms with Crippen molar-refractivity contribution in [3.8, 4) is 0 Å². The van der Waals surface area contributed by atoms with Crippen LogP contribution in [0.1, 0.15) is 39.0 Å². The molecule has 0 amide bonds. The van der Waals surface area contributed by atoms with Crippen molar-refractivity contribution in [3.05, 3.63) is 12.7 Å². The van der Waals surface area contributed by atoms with E-state index < -0.39 is 9.84 Å². The fourth-order valence-corrected chi connectivity index (χ4v) is 3.92. The molecule has 0 aliphatic carbocycles. The predicted octanol–water partition coefficient (Wildman–Crippen LogP) is 1.90. The van der Waals surface area contributed by atoms with Gasteiger partial charge in [0.05, 0.1) is 11.5 Å². The minimum atomic E-state index is -2.76. The van der Waals surface area contributed by atoms with Gasteiger partial charge in [-0.2, -0.15) is 0 Å². The molecule has 0 bridgehead atoms. The highest BCUT2D eigenvalue weighted by molar-refractivity contribution is 7.91. The van der Waals surface area contributed by atoms with E-state index in [-0.39, 0.29) is 6.04 Å². The van der Waals surface area contributed by atoms with Crippen molar-refractivity contribution in [1.29, 1.82) is 0 Å². The Morgan fingerprint density at radius 2 is 2.25 bits per heavy atom.